The highest BCUT2D eigenvalue weighted by molar-refractivity contribution is 7.80. The Labute approximate surface area is 115 Å². The number of carbonyl (C=O) groups excluding carboxylic acids is 1. The van der Waals surface area contributed by atoms with Gasteiger partial charge in [-0.1, -0.05) is 11.6 Å². The molecular weight excluding hydrogens is 270 g/mol. The molecule has 0 spiro atoms. The molecule has 0 amide bonds. The van der Waals surface area contributed by atoms with Crippen LogP contribution in [0, 0.1) is 11.3 Å². The van der Waals surface area contributed by atoms with E-state index in [4.69, 9.17) is 29.1 Å². The molecule has 0 aliphatic heterocycles. The monoisotopic (exact) mass is 279 g/mol. The van der Waals surface area contributed by atoms with Gasteiger partial charge >= 0.3 is 0 Å². The molecule has 1 aromatic rings. The van der Waals surface area contributed by atoms with Gasteiger partial charge in [-0.2, -0.15) is 5.26 Å². The van der Waals surface area contributed by atoms with Gasteiger partial charge in [0.1, 0.15) is 11.6 Å². The van der Waals surface area contributed by atoms with Crippen molar-refractivity contribution in [2.24, 2.45) is 0 Å². The first kappa shape index (κ1) is 14.2. The van der Waals surface area contributed by atoms with Gasteiger partial charge in [0.2, 0.25) is 5.78 Å². The van der Waals surface area contributed by atoms with E-state index >= 15 is 0 Å². The van der Waals surface area contributed by atoms with Crippen molar-refractivity contribution in [1.82, 2.24) is 10.6 Å². The number of hydrogen-bond donors (Lipinski definition) is 2. The molecule has 0 atom stereocenters. The van der Waals surface area contributed by atoms with E-state index in [0.717, 1.165) is 0 Å². The summed E-state index contributed by atoms with van der Waals surface area (Å²) in [5, 5.41) is 15.1. The minimum atomic E-state index is -0.388. The largest absolute Gasteiger partial charge is 0.366 e. The quantitative estimate of drug-likeness (QED) is 0.384. The molecule has 6 heteroatoms. The molecule has 0 aliphatic carbocycles. The number of hydrogen-bond acceptors (Lipinski definition) is 3. The molecule has 92 valence electrons. The highest BCUT2D eigenvalue weighted by Crippen LogP contribution is 2.12. The normalized spacial score (nSPS) is 10.4. The summed E-state index contributed by atoms with van der Waals surface area (Å²) >= 11 is 10.6. The van der Waals surface area contributed by atoms with Crippen LogP contribution in [0.2, 0.25) is 5.02 Å². The Balaban J connectivity index is 2.90. The number of carbonyl (C=O) groups is 1. The molecule has 2 N–H and O–H groups in total. The molecule has 0 aliphatic rings. The minimum Gasteiger partial charge on any atom is -0.366 e. The number of nitrogens with zero attached hydrogens (tertiary/aromatic N) is 1. The van der Waals surface area contributed by atoms with E-state index in [-0.39, 0.29) is 11.4 Å². The molecule has 0 saturated carbocycles. The Morgan fingerprint density at radius 3 is 2.56 bits per heavy atom. The summed E-state index contributed by atoms with van der Waals surface area (Å²) in [5.74, 6) is -0.388. The molecule has 0 saturated heterocycles. The van der Waals surface area contributed by atoms with Crippen molar-refractivity contribution in [3.8, 4) is 6.07 Å². The molecule has 0 bridgehead atoms. The first-order valence-corrected chi connectivity index (χ1v) is 5.76. The number of nitrogens with one attached hydrogen (secondary N) is 2. The Morgan fingerprint density at radius 2 is 2.06 bits per heavy atom. The van der Waals surface area contributed by atoms with Crippen LogP contribution in [0.15, 0.2) is 36.0 Å². The zero-order chi connectivity index (χ0) is 13.5. The van der Waals surface area contributed by atoms with Gasteiger partial charge in [0.15, 0.2) is 5.11 Å². The molecule has 0 fully saturated rings. The smallest absolute Gasteiger partial charge is 0.205 e. The second-order valence-electron chi connectivity index (χ2n) is 3.23. The Hall–Kier alpha value is -1.90. The number of thiocarbonyl (C=S) groups is 1. The van der Waals surface area contributed by atoms with Crippen LogP contribution in [0.3, 0.4) is 0 Å². The summed E-state index contributed by atoms with van der Waals surface area (Å²) < 4.78 is 0. The first-order valence-electron chi connectivity index (χ1n) is 4.97. The van der Waals surface area contributed by atoms with Gasteiger partial charge in [-0.3, -0.25) is 4.79 Å². The number of rotatable bonds is 3. The van der Waals surface area contributed by atoms with Crippen LogP contribution in [0.5, 0.6) is 0 Å². The average Bonchev–Trinajstić information content (AvgIpc) is 2.39. The van der Waals surface area contributed by atoms with Gasteiger partial charge in [0.25, 0.3) is 0 Å². The van der Waals surface area contributed by atoms with Crippen molar-refractivity contribution in [2.75, 3.05) is 7.05 Å². The Morgan fingerprint density at radius 1 is 1.44 bits per heavy atom. The summed E-state index contributed by atoms with van der Waals surface area (Å²) in [6.45, 7) is 0. The van der Waals surface area contributed by atoms with E-state index in [1.54, 1.807) is 31.3 Å². The van der Waals surface area contributed by atoms with Crippen molar-refractivity contribution < 1.29 is 4.79 Å². The van der Waals surface area contributed by atoms with Gasteiger partial charge in [-0.05, 0) is 36.5 Å². The molecule has 1 aromatic carbocycles. The fraction of sp³-hybridized carbons (Fsp3) is 0.0833. The predicted octanol–water partition coefficient (Wildman–Crippen LogP) is 2.02. The second kappa shape index (κ2) is 6.74. The predicted molar refractivity (Wildman–Crippen MR) is 74.3 cm³/mol. The second-order valence-corrected chi connectivity index (χ2v) is 4.07. The summed E-state index contributed by atoms with van der Waals surface area (Å²) in [7, 11) is 1.64. The van der Waals surface area contributed by atoms with E-state index in [1.807, 2.05) is 6.07 Å². The maximum absolute atomic E-state index is 12.0. The summed E-state index contributed by atoms with van der Waals surface area (Å²) in [6, 6.07) is 8.13. The lowest BCUT2D eigenvalue weighted by Crippen LogP contribution is -2.29. The number of ketones is 1. The Kier molecular flexibility index (Phi) is 5.31. The SMILES string of the molecule is CNC(=S)NC=C(C#N)C(=O)c1ccc(Cl)cc1. The van der Waals surface area contributed by atoms with Crippen LogP contribution in [0.4, 0.5) is 0 Å². The molecule has 4 nitrogen and oxygen atoms in total. The number of Topliss-reactive ketones (excluding diaryl/α,β-unsaturated/α-hetero) is 1. The van der Waals surface area contributed by atoms with Crippen LogP contribution in [0.1, 0.15) is 10.4 Å². The van der Waals surface area contributed by atoms with Gasteiger partial charge in [0.05, 0.1) is 0 Å². The van der Waals surface area contributed by atoms with Crippen LogP contribution in [0.25, 0.3) is 0 Å². The van der Waals surface area contributed by atoms with Crippen LogP contribution in [-0.2, 0) is 0 Å². The lowest BCUT2D eigenvalue weighted by Gasteiger charge is -2.03. The van der Waals surface area contributed by atoms with Gasteiger partial charge in [0, 0.05) is 23.8 Å². The van der Waals surface area contributed by atoms with Crippen LogP contribution < -0.4 is 10.6 Å². The van der Waals surface area contributed by atoms with Crippen LogP contribution >= 0.6 is 23.8 Å². The van der Waals surface area contributed by atoms with Gasteiger partial charge in [-0.15, -0.1) is 0 Å². The maximum Gasteiger partial charge on any atom is 0.205 e. The van der Waals surface area contributed by atoms with Crippen molar-refractivity contribution in [2.45, 2.75) is 0 Å². The molecule has 18 heavy (non-hydrogen) atoms. The summed E-state index contributed by atoms with van der Waals surface area (Å²) in [4.78, 5) is 12.0. The number of benzene rings is 1. The zero-order valence-corrected chi connectivity index (χ0v) is 11.1. The minimum absolute atomic E-state index is 0.0325. The maximum atomic E-state index is 12.0. The number of allylic oxidation sites excluding steroid dienone is 1. The van der Waals surface area contributed by atoms with E-state index in [9.17, 15) is 4.79 Å². The third kappa shape index (κ3) is 3.84. The lowest BCUT2D eigenvalue weighted by molar-refractivity contribution is 0.103. The fourth-order valence-corrected chi connectivity index (χ4v) is 1.30. The molecular formula is C12H10ClN3OS. The van der Waals surface area contributed by atoms with Crippen molar-refractivity contribution in [1.29, 1.82) is 5.26 Å². The molecule has 0 radical (unpaired) electrons. The molecule has 0 aromatic heterocycles. The van der Waals surface area contributed by atoms with Gasteiger partial charge in [-0.25, -0.2) is 0 Å². The standard InChI is InChI=1S/C12H10ClN3OS/c1-15-12(18)16-7-9(6-14)11(17)8-2-4-10(13)5-3-8/h2-5,7H,1H3,(H2,15,16,18). The molecule has 0 unspecified atom stereocenters. The summed E-state index contributed by atoms with van der Waals surface area (Å²) in [6.07, 6.45) is 1.27. The lowest BCUT2D eigenvalue weighted by atomic mass is 10.1. The number of nitriles is 1. The van der Waals surface area contributed by atoms with E-state index < -0.39 is 0 Å². The topological polar surface area (TPSA) is 64.9 Å². The third-order valence-electron chi connectivity index (χ3n) is 2.05. The third-order valence-corrected chi connectivity index (χ3v) is 2.62. The zero-order valence-electron chi connectivity index (χ0n) is 9.53. The number of halogens is 1. The highest BCUT2D eigenvalue weighted by atomic mass is 35.5. The van der Waals surface area contributed by atoms with E-state index in [0.29, 0.717) is 15.7 Å². The van der Waals surface area contributed by atoms with E-state index in [1.165, 1.54) is 6.20 Å². The van der Waals surface area contributed by atoms with E-state index in [2.05, 4.69) is 10.6 Å². The average molecular weight is 280 g/mol. The van der Waals surface area contributed by atoms with Crippen molar-refractivity contribution >= 4 is 34.7 Å². The van der Waals surface area contributed by atoms with Crippen LogP contribution in [-0.4, -0.2) is 17.9 Å². The van der Waals surface area contributed by atoms with Crippen molar-refractivity contribution in [3.63, 3.8) is 0 Å². The van der Waals surface area contributed by atoms with Crippen molar-refractivity contribution in [3.05, 3.63) is 46.6 Å². The van der Waals surface area contributed by atoms with Gasteiger partial charge < -0.3 is 10.6 Å². The Bertz CT molecular complexity index is 531. The fourth-order valence-electron chi connectivity index (χ4n) is 1.12. The summed E-state index contributed by atoms with van der Waals surface area (Å²) in [5.41, 5.74) is 0.360. The molecule has 1 rings (SSSR count). The highest BCUT2D eigenvalue weighted by Gasteiger charge is 2.11. The molecule has 0 heterocycles. The first-order chi connectivity index (χ1) is 8.58.